The molecule has 6 nitrogen and oxygen atoms in total. The highest BCUT2D eigenvalue weighted by atomic mass is 32.1. The zero-order chi connectivity index (χ0) is 13.7. The van der Waals surface area contributed by atoms with Gasteiger partial charge in [0.15, 0.2) is 0 Å². The lowest BCUT2D eigenvalue weighted by Crippen LogP contribution is -2.03. The van der Waals surface area contributed by atoms with Crippen LogP contribution in [0.4, 0.5) is 0 Å². The molecule has 98 valence electrons. The maximum Gasteiger partial charge on any atom is 0.374 e. The van der Waals surface area contributed by atoms with Crippen molar-refractivity contribution in [1.82, 2.24) is 19.6 Å². The smallest absolute Gasteiger partial charge is 0.374 e. The maximum atomic E-state index is 11.2. The van der Waals surface area contributed by atoms with Crippen LogP contribution in [0.2, 0.25) is 0 Å². The first-order valence-electron chi connectivity index (χ1n) is 5.88. The van der Waals surface area contributed by atoms with Crippen LogP contribution in [0.5, 0.6) is 0 Å². The average Bonchev–Trinajstić information content (AvgIpc) is 3.11. The van der Waals surface area contributed by atoms with Gasteiger partial charge < -0.3 is 10.1 Å². The Hall–Kier alpha value is -2.67. The fourth-order valence-electron chi connectivity index (χ4n) is 2.33. The standard InChI is InChI=1S/C13H8N4O2S/c18-12(19)11-15-16-13-17(11)10(6-20-13)8-5-14-9-4-2-1-3-7(8)9/h1-6,14H,(H,18,19). The van der Waals surface area contributed by atoms with E-state index >= 15 is 0 Å². The van der Waals surface area contributed by atoms with Crippen molar-refractivity contribution in [3.63, 3.8) is 0 Å². The summed E-state index contributed by atoms with van der Waals surface area (Å²) in [6.07, 6.45) is 1.87. The van der Waals surface area contributed by atoms with Crippen LogP contribution in [0.1, 0.15) is 10.6 Å². The molecule has 0 saturated carbocycles. The fourth-order valence-corrected chi connectivity index (χ4v) is 3.16. The molecule has 7 heteroatoms. The molecule has 0 amide bonds. The minimum atomic E-state index is -1.09. The van der Waals surface area contributed by atoms with Gasteiger partial charge in [0.1, 0.15) is 0 Å². The number of hydrogen-bond donors (Lipinski definition) is 2. The Morgan fingerprint density at radius 3 is 3.00 bits per heavy atom. The first-order valence-corrected chi connectivity index (χ1v) is 6.76. The summed E-state index contributed by atoms with van der Waals surface area (Å²) < 4.78 is 1.57. The van der Waals surface area contributed by atoms with Gasteiger partial charge in [-0.1, -0.05) is 18.2 Å². The van der Waals surface area contributed by atoms with Gasteiger partial charge in [-0.3, -0.25) is 4.40 Å². The number of hydrogen-bond acceptors (Lipinski definition) is 4. The van der Waals surface area contributed by atoms with Crippen molar-refractivity contribution in [3.8, 4) is 11.3 Å². The highest BCUT2D eigenvalue weighted by molar-refractivity contribution is 7.15. The van der Waals surface area contributed by atoms with Crippen LogP contribution >= 0.6 is 11.3 Å². The summed E-state index contributed by atoms with van der Waals surface area (Å²) in [4.78, 5) is 15.0. The van der Waals surface area contributed by atoms with Crippen molar-refractivity contribution in [2.24, 2.45) is 0 Å². The summed E-state index contributed by atoms with van der Waals surface area (Å²) >= 11 is 1.37. The molecule has 0 spiro atoms. The second kappa shape index (κ2) is 3.91. The van der Waals surface area contributed by atoms with Crippen LogP contribution in [0, 0.1) is 0 Å². The number of nitrogens with one attached hydrogen (secondary N) is 1. The number of aromatic carboxylic acids is 1. The molecule has 0 bridgehead atoms. The van der Waals surface area contributed by atoms with Gasteiger partial charge in [0.25, 0.3) is 0 Å². The highest BCUT2D eigenvalue weighted by Gasteiger charge is 2.19. The van der Waals surface area contributed by atoms with Crippen molar-refractivity contribution in [3.05, 3.63) is 41.7 Å². The van der Waals surface area contributed by atoms with E-state index in [1.807, 2.05) is 35.8 Å². The third-order valence-electron chi connectivity index (χ3n) is 3.21. The van der Waals surface area contributed by atoms with E-state index < -0.39 is 5.97 Å². The Labute approximate surface area is 116 Å². The lowest BCUT2D eigenvalue weighted by molar-refractivity contribution is 0.0682. The molecule has 0 aliphatic rings. The van der Waals surface area contributed by atoms with Gasteiger partial charge in [-0.2, -0.15) is 0 Å². The van der Waals surface area contributed by atoms with Crippen molar-refractivity contribution in [1.29, 1.82) is 0 Å². The Kier molecular flexibility index (Phi) is 2.19. The molecule has 3 aromatic heterocycles. The number of carbonyl (C=O) groups is 1. The number of H-pyrrole nitrogens is 1. The number of para-hydroxylation sites is 1. The number of aromatic nitrogens is 4. The highest BCUT2D eigenvalue weighted by Crippen LogP contribution is 2.32. The summed E-state index contributed by atoms with van der Waals surface area (Å²) in [7, 11) is 0. The maximum absolute atomic E-state index is 11.2. The zero-order valence-electron chi connectivity index (χ0n) is 10.1. The molecule has 0 fully saturated rings. The first-order chi connectivity index (χ1) is 9.75. The predicted octanol–water partition coefficient (Wildman–Crippen LogP) is 2.64. The van der Waals surface area contributed by atoms with E-state index in [1.165, 1.54) is 11.3 Å². The Bertz CT molecular complexity index is 950. The summed E-state index contributed by atoms with van der Waals surface area (Å²) in [5.74, 6) is -1.15. The van der Waals surface area contributed by atoms with E-state index in [0.29, 0.717) is 4.96 Å². The third-order valence-corrected chi connectivity index (χ3v) is 4.02. The predicted molar refractivity (Wildman–Crippen MR) is 75.1 cm³/mol. The van der Waals surface area contributed by atoms with Gasteiger partial charge in [0, 0.05) is 28.0 Å². The molecule has 0 aliphatic carbocycles. The third kappa shape index (κ3) is 1.41. The second-order valence-corrected chi connectivity index (χ2v) is 5.15. The van der Waals surface area contributed by atoms with Crippen LogP contribution in [0.25, 0.3) is 27.1 Å². The summed E-state index contributed by atoms with van der Waals surface area (Å²) in [6, 6.07) is 7.88. The van der Waals surface area contributed by atoms with E-state index in [9.17, 15) is 9.90 Å². The number of carboxylic acids is 1. The monoisotopic (exact) mass is 284 g/mol. The van der Waals surface area contributed by atoms with Crippen molar-refractivity contribution in [2.45, 2.75) is 0 Å². The van der Waals surface area contributed by atoms with Gasteiger partial charge in [-0.05, 0) is 6.07 Å². The molecule has 2 N–H and O–H groups in total. The molecular weight excluding hydrogens is 276 g/mol. The van der Waals surface area contributed by atoms with Gasteiger partial charge in [-0.15, -0.1) is 21.5 Å². The number of benzene rings is 1. The van der Waals surface area contributed by atoms with E-state index in [-0.39, 0.29) is 5.82 Å². The molecule has 0 radical (unpaired) electrons. The number of rotatable bonds is 2. The quantitative estimate of drug-likeness (QED) is 0.592. The van der Waals surface area contributed by atoms with E-state index in [4.69, 9.17) is 0 Å². The lowest BCUT2D eigenvalue weighted by Gasteiger charge is -1.99. The van der Waals surface area contributed by atoms with Crippen molar-refractivity contribution >= 4 is 33.2 Å². The number of fused-ring (bicyclic) bond motifs is 2. The van der Waals surface area contributed by atoms with Crippen LogP contribution in [-0.2, 0) is 0 Å². The largest absolute Gasteiger partial charge is 0.475 e. The van der Waals surface area contributed by atoms with E-state index in [0.717, 1.165) is 22.2 Å². The van der Waals surface area contributed by atoms with Crippen LogP contribution in [-0.4, -0.2) is 30.7 Å². The number of aromatic amines is 1. The molecule has 3 heterocycles. The zero-order valence-corrected chi connectivity index (χ0v) is 10.9. The summed E-state index contributed by atoms with van der Waals surface area (Å²) in [5, 5.41) is 19.7. The normalized spacial score (nSPS) is 11.4. The average molecular weight is 284 g/mol. The van der Waals surface area contributed by atoms with Crippen LogP contribution in [0.15, 0.2) is 35.8 Å². The van der Waals surface area contributed by atoms with E-state index in [1.54, 1.807) is 4.40 Å². The minimum absolute atomic E-state index is 0.0680. The number of carboxylic acid groups (broad SMARTS) is 1. The Morgan fingerprint density at radius 2 is 2.15 bits per heavy atom. The lowest BCUT2D eigenvalue weighted by atomic mass is 10.1. The van der Waals surface area contributed by atoms with Crippen molar-refractivity contribution < 1.29 is 9.90 Å². The topological polar surface area (TPSA) is 83.3 Å². The fraction of sp³-hybridized carbons (Fsp3) is 0. The molecule has 1 aromatic carbocycles. The van der Waals surface area contributed by atoms with Gasteiger partial charge in [0.05, 0.1) is 5.69 Å². The summed E-state index contributed by atoms with van der Waals surface area (Å²) in [5.41, 5.74) is 2.73. The molecule has 4 rings (SSSR count). The van der Waals surface area contributed by atoms with Gasteiger partial charge in [-0.25, -0.2) is 4.79 Å². The minimum Gasteiger partial charge on any atom is -0.475 e. The van der Waals surface area contributed by atoms with Gasteiger partial charge in [0.2, 0.25) is 10.8 Å². The molecule has 0 unspecified atom stereocenters. The SMILES string of the molecule is O=C(O)c1nnc2scc(-c3c[nH]c4ccccc34)n12. The molecular formula is C13H8N4O2S. The molecule has 0 atom stereocenters. The molecule has 0 aliphatic heterocycles. The van der Waals surface area contributed by atoms with Gasteiger partial charge >= 0.3 is 5.97 Å². The van der Waals surface area contributed by atoms with Crippen molar-refractivity contribution in [2.75, 3.05) is 0 Å². The Morgan fingerprint density at radius 1 is 1.30 bits per heavy atom. The van der Waals surface area contributed by atoms with Crippen LogP contribution < -0.4 is 0 Å². The van der Waals surface area contributed by atoms with E-state index in [2.05, 4.69) is 15.2 Å². The molecule has 20 heavy (non-hydrogen) atoms. The number of thiazole rings is 1. The van der Waals surface area contributed by atoms with Crippen LogP contribution in [0.3, 0.4) is 0 Å². The second-order valence-electron chi connectivity index (χ2n) is 4.32. The molecule has 4 aromatic rings. The first kappa shape index (κ1) is 11.2. The summed E-state index contributed by atoms with van der Waals surface area (Å²) in [6.45, 7) is 0. The number of nitrogens with zero attached hydrogens (tertiary/aromatic N) is 3. The molecule has 0 saturated heterocycles. The Balaban J connectivity index is 2.07.